The van der Waals surface area contributed by atoms with E-state index in [1.165, 1.54) is 23.3 Å². The molecule has 0 aliphatic carbocycles. The Bertz CT molecular complexity index is 707. The molecule has 0 saturated heterocycles. The standard InChI is InChI=1S/C16H18N2O3S/c1-10-5-6-11(9-12(10)16(20)18(2)3)17-15(19)14-13(21-4)7-8-22-14/h5-9H,1-4H3,(H,17,19). The lowest BCUT2D eigenvalue weighted by atomic mass is 10.1. The molecule has 1 aromatic heterocycles. The van der Waals surface area contributed by atoms with E-state index in [0.717, 1.165) is 5.56 Å². The summed E-state index contributed by atoms with van der Waals surface area (Å²) in [5, 5.41) is 4.60. The summed E-state index contributed by atoms with van der Waals surface area (Å²) in [5.41, 5.74) is 2.02. The van der Waals surface area contributed by atoms with Crippen LogP contribution in [0, 0.1) is 6.92 Å². The first-order valence-electron chi connectivity index (χ1n) is 6.69. The molecule has 0 fully saturated rings. The second kappa shape index (κ2) is 6.62. The van der Waals surface area contributed by atoms with Gasteiger partial charge in [0.2, 0.25) is 0 Å². The monoisotopic (exact) mass is 318 g/mol. The van der Waals surface area contributed by atoms with E-state index in [9.17, 15) is 9.59 Å². The van der Waals surface area contributed by atoms with E-state index in [0.29, 0.717) is 21.9 Å². The lowest BCUT2D eigenvalue weighted by Gasteiger charge is -2.14. The van der Waals surface area contributed by atoms with Crippen molar-refractivity contribution in [1.29, 1.82) is 0 Å². The van der Waals surface area contributed by atoms with E-state index >= 15 is 0 Å². The molecule has 2 rings (SSSR count). The van der Waals surface area contributed by atoms with Crippen LogP contribution in [0.4, 0.5) is 5.69 Å². The van der Waals surface area contributed by atoms with E-state index in [2.05, 4.69) is 5.32 Å². The Kier molecular flexibility index (Phi) is 4.82. The van der Waals surface area contributed by atoms with E-state index in [-0.39, 0.29) is 11.8 Å². The first kappa shape index (κ1) is 16.0. The van der Waals surface area contributed by atoms with Gasteiger partial charge in [-0.05, 0) is 36.1 Å². The molecule has 116 valence electrons. The number of ether oxygens (including phenoxy) is 1. The predicted octanol–water partition coefficient (Wildman–Crippen LogP) is 3.02. The van der Waals surface area contributed by atoms with E-state index < -0.39 is 0 Å². The summed E-state index contributed by atoms with van der Waals surface area (Å²) in [4.78, 5) is 26.4. The van der Waals surface area contributed by atoms with Crippen molar-refractivity contribution in [2.45, 2.75) is 6.92 Å². The van der Waals surface area contributed by atoms with Crippen LogP contribution in [0.15, 0.2) is 29.6 Å². The minimum atomic E-state index is -0.251. The maximum Gasteiger partial charge on any atom is 0.269 e. The molecule has 1 N–H and O–H groups in total. The van der Waals surface area contributed by atoms with Gasteiger partial charge in [0.15, 0.2) is 0 Å². The van der Waals surface area contributed by atoms with Crippen LogP contribution in [-0.2, 0) is 0 Å². The molecule has 22 heavy (non-hydrogen) atoms. The van der Waals surface area contributed by atoms with Crippen LogP contribution in [0.3, 0.4) is 0 Å². The lowest BCUT2D eigenvalue weighted by molar-refractivity contribution is 0.0826. The number of anilines is 1. The summed E-state index contributed by atoms with van der Waals surface area (Å²) < 4.78 is 5.15. The molecule has 0 unspecified atom stereocenters. The highest BCUT2D eigenvalue weighted by Gasteiger charge is 2.16. The number of carbonyl (C=O) groups is 2. The Hall–Kier alpha value is -2.34. The van der Waals surface area contributed by atoms with Gasteiger partial charge in [-0.25, -0.2) is 0 Å². The molecular weight excluding hydrogens is 300 g/mol. The zero-order valence-electron chi connectivity index (χ0n) is 13.0. The van der Waals surface area contributed by atoms with Gasteiger partial charge in [0, 0.05) is 25.3 Å². The fourth-order valence-electron chi connectivity index (χ4n) is 1.98. The first-order chi connectivity index (χ1) is 10.4. The lowest BCUT2D eigenvalue weighted by Crippen LogP contribution is -2.23. The fraction of sp³-hybridized carbons (Fsp3) is 0.250. The average molecular weight is 318 g/mol. The molecule has 0 saturated carbocycles. The fourth-order valence-corrected chi connectivity index (χ4v) is 2.74. The molecule has 1 heterocycles. The number of rotatable bonds is 4. The van der Waals surface area contributed by atoms with Gasteiger partial charge in [0.1, 0.15) is 10.6 Å². The van der Waals surface area contributed by atoms with Gasteiger partial charge in [-0.2, -0.15) is 0 Å². The third-order valence-corrected chi connectivity index (χ3v) is 4.08. The summed E-state index contributed by atoms with van der Waals surface area (Å²) in [6.07, 6.45) is 0. The van der Waals surface area contributed by atoms with Crippen LogP contribution < -0.4 is 10.1 Å². The van der Waals surface area contributed by atoms with Crippen molar-refractivity contribution in [3.8, 4) is 5.75 Å². The van der Waals surface area contributed by atoms with E-state index in [1.54, 1.807) is 37.7 Å². The van der Waals surface area contributed by atoms with Crippen molar-refractivity contribution in [3.05, 3.63) is 45.6 Å². The minimum Gasteiger partial charge on any atom is -0.495 e. The number of nitrogens with one attached hydrogen (secondary N) is 1. The summed E-state index contributed by atoms with van der Waals surface area (Å²) >= 11 is 1.31. The highest BCUT2D eigenvalue weighted by molar-refractivity contribution is 7.12. The summed E-state index contributed by atoms with van der Waals surface area (Å²) in [6.45, 7) is 1.87. The molecule has 1 aromatic carbocycles. The summed E-state index contributed by atoms with van der Waals surface area (Å²) in [7, 11) is 4.92. The van der Waals surface area contributed by atoms with Crippen LogP contribution in [0.5, 0.6) is 5.75 Å². The largest absolute Gasteiger partial charge is 0.495 e. The number of methoxy groups -OCH3 is 1. The van der Waals surface area contributed by atoms with Crippen LogP contribution in [0.25, 0.3) is 0 Å². The summed E-state index contributed by atoms with van der Waals surface area (Å²) in [6, 6.07) is 7.03. The maximum absolute atomic E-state index is 12.3. The number of nitrogens with zero attached hydrogens (tertiary/aromatic N) is 1. The third-order valence-electron chi connectivity index (χ3n) is 3.19. The number of hydrogen-bond acceptors (Lipinski definition) is 4. The zero-order chi connectivity index (χ0) is 16.3. The second-order valence-electron chi connectivity index (χ2n) is 5.00. The second-order valence-corrected chi connectivity index (χ2v) is 5.92. The molecule has 0 aliphatic heterocycles. The predicted molar refractivity (Wildman–Crippen MR) is 88.0 cm³/mol. The molecule has 0 atom stereocenters. The van der Waals surface area contributed by atoms with Crippen LogP contribution in [0.1, 0.15) is 25.6 Å². The van der Waals surface area contributed by atoms with Crippen LogP contribution in [-0.4, -0.2) is 37.9 Å². The Morgan fingerprint density at radius 1 is 1.23 bits per heavy atom. The molecule has 6 heteroatoms. The molecule has 0 radical (unpaired) electrons. The van der Waals surface area contributed by atoms with Crippen molar-refractivity contribution in [3.63, 3.8) is 0 Å². The van der Waals surface area contributed by atoms with Crippen molar-refractivity contribution in [1.82, 2.24) is 4.90 Å². The number of benzene rings is 1. The topological polar surface area (TPSA) is 58.6 Å². The summed E-state index contributed by atoms with van der Waals surface area (Å²) in [5.74, 6) is 0.195. The highest BCUT2D eigenvalue weighted by atomic mass is 32.1. The number of aryl methyl sites for hydroxylation is 1. The average Bonchev–Trinajstić information content (AvgIpc) is 2.97. The number of hydrogen-bond donors (Lipinski definition) is 1. The molecule has 5 nitrogen and oxygen atoms in total. The van der Waals surface area contributed by atoms with Crippen molar-refractivity contribution in [2.24, 2.45) is 0 Å². The van der Waals surface area contributed by atoms with Gasteiger partial charge in [-0.3, -0.25) is 9.59 Å². The van der Waals surface area contributed by atoms with Gasteiger partial charge >= 0.3 is 0 Å². The van der Waals surface area contributed by atoms with Crippen molar-refractivity contribution >= 4 is 28.8 Å². The van der Waals surface area contributed by atoms with Crippen LogP contribution in [0.2, 0.25) is 0 Å². The normalized spacial score (nSPS) is 10.2. The van der Waals surface area contributed by atoms with Gasteiger partial charge in [0.25, 0.3) is 11.8 Å². The Morgan fingerprint density at radius 2 is 1.95 bits per heavy atom. The highest BCUT2D eigenvalue weighted by Crippen LogP contribution is 2.26. The zero-order valence-corrected chi connectivity index (χ0v) is 13.8. The van der Waals surface area contributed by atoms with Gasteiger partial charge in [-0.1, -0.05) is 6.07 Å². The minimum absolute atomic E-state index is 0.0951. The maximum atomic E-state index is 12.3. The van der Waals surface area contributed by atoms with Crippen molar-refractivity contribution < 1.29 is 14.3 Å². The van der Waals surface area contributed by atoms with Gasteiger partial charge in [0.05, 0.1) is 7.11 Å². The van der Waals surface area contributed by atoms with E-state index in [4.69, 9.17) is 4.74 Å². The quantitative estimate of drug-likeness (QED) is 0.942. The van der Waals surface area contributed by atoms with Gasteiger partial charge in [-0.15, -0.1) is 11.3 Å². The molecule has 0 bridgehead atoms. The molecule has 2 aromatic rings. The van der Waals surface area contributed by atoms with Crippen molar-refractivity contribution in [2.75, 3.05) is 26.5 Å². The molecule has 0 aliphatic rings. The molecule has 0 spiro atoms. The van der Waals surface area contributed by atoms with Gasteiger partial charge < -0.3 is 15.0 Å². The number of amides is 2. The number of thiophene rings is 1. The smallest absolute Gasteiger partial charge is 0.269 e. The molecule has 2 amide bonds. The van der Waals surface area contributed by atoms with Crippen LogP contribution >= 0.6 is 11.3 Å². The Labute approximate surface area is 133 Å². The SMILES string of the molecule is COc1ccsc1C(=O)Nc1ccc(C)c(C(=O)N(C)C)c1. The van der Waals surface area contributed by atoms with E-state index in [1.807, 2.05) is 13.0 Å². The Morgan fingerprint density at radius 3 is 2.59 bits per heavy atom. The number of carbonyl (C=O) groups excluding carboxylic acids is 2. The first-order valence-corrected chi connectivity index (χ1v) is 7.57. The third kappa shape index (κ3) is 3.28. The molecular formula is C16H18N2O3S. The Balaban J connectivity index is 2.25.